The molecule has 2 aromatic rings. The summed E-state index contributed by atoms with van der Waals surface area (Å²) in [5.74, 6) is 1.48. The zero-order chi connectivity index (χ0) is 18.0. The van der Waals surface area contributed by atoms with E-state index < -0.39 is 0 Å². The first-order valence-corrected chi connectivity index (χ1v) is 8.58. The van der Waals surface area contributed by atoms with Gasteiger partial charge in [-0.15, -0.1) is 0 Å². The molecule has 1 saturated heterocycles. The molecule has 0 aromatic carbocycles. The first kappa shape index (κ1) is 17.3. The van der Waals surface area contributed by atoms with E-state index in [1.807, 2.05) is 29.9 Å². The fourth-order valence-corrected chi connectivity index (χ4v) is 3.00. The summed E-state index contributed by atoms with van der Waals surface area (Å²) in [5, 5.41) is 7.14. The number of carbonyl (C=O) groups is 2. The number of furan rings is 1. The number of nitrogens with one attached hydrogen (secondary N) is 1. The minimum atomic E-state index is -0.350. The Morgan fingerprint density at radius 2 is 2.24 bits per heavy atom. The fraction of sp³-hybridized carbons (Fsp3) is 0.500. The van der Waals surface area contributed by atoms with Crippen LogP contribution < -0.4 is 10.2 Å². The highest BCUT2D eigenvalue weighted by molar-refractivity contribution is 6.00. The number of carbonyl (C=O) groups excluding carboxylic acids is 2. The lowest BCUT2D eigenvalue weighted by Gasteiger charge is -2.14. The number of hydrogen-bond donors (Lipinski definition) is 1. The molecule has 2 aromatic heterocycles. The van der Waals surface area contributed by atoms with Crippen molar-refractivity contribution in [1.29, 1.82) is 0 Å². The maximum Gasteiger partial charge on any atom is 0.227 e. The molecule has 0 unspecified atom stereocenters. The number of anilines is 1. The van der Waals surface area contributed by atoms with Crippen molar-refractivity contribution in [2.24, 2.45) is 11.8 Å². The molecule has 7 heteroatoms. The van der Waals surface area contributed by atoms with Crippen molar-refractivity contribution in [2.45, 2.75) is 40.3 Å². The Labute approximate surface area is 147 Å². The number of aromatic nitrogens is 2. The molecule has 1 atom stereocenters. The minimum absolute atomic E-state index is 0.0434. The third kappa shape index (κ3) is 4.10. The van der Waals surface area contributed by atoms with E-state index in [2.05, 4.69) is 24.3 Å². The maximum absolute atomic E-state index is 12.3. The monoisotopic (exact) mass is 344 g/mol. The predicted molar refractivity (Wildman–Crippen MR) is 92.8 cm³/mol. The van der Waals surface area contributed by atoms with Gasteiger partial charge in [-0.2, -0.15) is 5.10 Å². The molecule has 7 nitrogen and oxygen atoms in total. The van der Waals surface area contributed by atoms with E-state index in [0.29, 0.717) is 24.8 Å². The van der Waals surface area contributed by atoms with Crippen LogP contribution in [0.15, 0.2) is 28.9 Å². The van der Waals surface area contributed by atoms with Crippen LogP contribution in [-0.4, -0.2) is 28.1 Å². The lowest BCUT2D eigenvalue weighted by atomic mass is 10.1. The van der Waals surface area contributed by atoms with E-state index in [-0.39, 0.29) is 24.2 Å². The quantitative estimate of drug-likeness (QED) is 0.870. The number of rotatable bonds is 6. The largest absolute Gasteiger partial charge is 0.465 e. The van der Waals surface area contributed by atoms with Gasteiger partial charge in [0.25, 0.3) is 0 Å². The zero-order valence-corrected chi connectivity index (χ0v) is 14.9. The molecule has 0 aliphatic carbocycles. The van der Waals surface area contributed by atoms with Gasteiger partial charge >= 0.3 is 0 Å². The summed E-state index contributed by atoms with van der Waals surface area (Å²) >= 11 is 0. The van der Waals surface area contributed by atoms with Gasteiger partial charge in [0.05, 0.1) is 24.3 Å². The van der Waals surface area contributed by atoms with E-state index in [1.165, 1.54) is 0 Å². The summed E-state index contributed by atoms with van der Waals surface area (Å²) < 4.78 is 7.27. The maximum atomic E-state index is 12.3. The van der Waals surface area contributed by atoms with Crippen molar-refractivity contribution < 1.29 is 14.0 Å². The van der Waals surface area contributed by atoms with Crippen LogP contribution in [0.25, 0.3) is 0 Å². The van der Waals surface area contributed by atoms with Gasteiger partial charge in [-0.1, -0.05) is 13.8 Å². The highest BCUT2D eigenvalue weighted by Crippen LogP contribution is 2.25. The number of amides is 2. The van der Waals surface area contributed by atoms with E-state index >= 15 is 0 Å². The Morgan fingerprint density at radius 3 is 2.92 bits per heavy atom. The van der Waals surface area contributed by atoms with Crippen LogP contribution in [0, 0.1) is 18.8 Å². The Bertz CT molecular complexity index is 762. The van der Waals surface area contributed by atoms with Crippen molar-refractivity contribution in [3.05, 3.63) is 36.0 Å². The lowest BCUT2D eigenvalue weighted by molar-refractivity contribution is -0.126. The van der Waals surface area contributed by atoms with E-state index in [9.17, 15) is 9.59 Å². The number of aryl methyl sites for hydroxylation is 1. The molecule has 3 rings (SSSR count). The normalized spacial score (nSPS) is 17.5. The molecule has 0 spiro atoms. The highest BCUT2D eigenvalue weighted by Gasteiger charge is 2.35. The van der Waals surface area contributed by atoms with Crippen molar-refractivity contribution in [1.82, 2.24) is 15.1 Å². The van der Waals surface area contributed by atoms with Crippen LogP contribution in [0.5, 0.6) is 0 Å². The molecule has 1 aliphatic heterocycles. The van der Waals surface area contributed by atoms with Crippen LogP contribution in [0.2, 0.25) is 0 Å². The van der Waals surface area contributed by atoms with E-state index in [0.717, 1.165) is 18.0 Å². The molecule has 134 valence electrons. The Balaban J connectivity index is 1.57. The van der Waals surface area contributed by atoms with Crippen LogP contribution in [0.4, 0.5) is 5.69 Å². The van der Waals surface area contributed by atoms with Gasteiger partial charge in [0, 0.05) is 25.7 Å². The third-order valence-electron chi connectivity index (χ3n) is 4.21. The summed E-state index contributed by atoms with van der Waals surface area (Å²) in [4.78, 5) is 26.3. The van der Waals surface area contributed by atoms with Gasteiger partial charge in [0.15, 0.2) is 0 Å². The lowest BCUT2D eigenvalue weighted by Crippen LogP contribution is -2.32. The SMILES string of the molecule is Cc1ccc(CNC(=O)[C@H]2CC(=O)N(c3cnn(CC(C)C)c3)C2)o1. The van der Waals surface area contributed by atoms with Crippen LogP contribution >= 0.6 is 0 Å². The summed E-state index contributed by atoms with van der Waals surface area (Å²) in [6, 6.07) is 3.70. The second-order valence-electron chi connectivity index (χ2n) is 6.95. The smallest absolute Gasteiger partial charge is 0.227 e. The van der Waals surface area contributed by atoms with Crippen molar-refractivity contribution in [2.75, 3.05) is 11.4 Å². The Hall–Kier alpha value is -2.57. The van der Waals surface area contributed by atoms with Crippen LogP contribution in [-0.2, 0) is 22.7 Å². The zero-order valence-electron chi connectivity index (χ0n) is 14.9. The summed E-state index contributed by atoms with van der Waals surface area (Å²) in [6.07, 6.45) is 3.77. The van der Waals surface area contributed by atoms with Crippen LogP contribution in [0.3, 0.4) is 0 Å². The van der Waals surface area contributed by atoms with Gasteiger partial charge in [0.2, 0.25) is 11.8 Å². The summed E-state index contributed by atoms with van der Waals surface area (Å²) in [5.41, 5.74) is 0.752. The first-order valence-electron chi connectivity index (χ1n) is 8.58. The molecular formula is C18H24N4O3. The molecule has 1 N–H and O–H groups in total. The first-order chi connectivity index (χ1) is 11.9. The average molecular weight is 344 g/mol. The Kier molecular flexibility index (Phi) is 4.92. The van der Waals surface area contributed by atoms with Gasteiger partial charge in [-0.3, -0.25) is 14.3 Å². The van der Waals surface area contributed by atoms with Gasteiger partial charge < -0.3 is 14.6 Å². The van der Waals surface area contributed by atoms with E-state index in [1.54, 1.807) is 11.1 Å². The van der Waals surface area contributed by atoms with Gasteiger partial charge in [-0.25, -0.2) is 0 Å². The fourth-order valence-electron chi connectivity index (χ4n) is 3.00. The Morgan fingerprint density at radius 1 is 1.44 bits per heavy atom. The summed E-state index contributed by atoms with van der Waals surface area (Å²) in [6.45, 7) is 7.61. The average Bonchev–Trinajstić information content (AvgIpc) is 3.25. The molecule has 0 bridgehead atoms. The van der Waals surface area contributed by atoms with Crippen molar-refractivity contribution in [3.63, 3.8) is 0 Å². The standard InChI is InChI=1S/C18H24N4O3/c1-12(2)9-21-11-15(7-20-21)22-10-14(6-17(22)23)18(24)19-8-16-5-4-13(3)25-16/h4-5,7,11-12,14H,6,8-10H2,1-3H3,(H,19,24)/t14-/m0/s1. The van der Waals surface area contributed by atoms with E-state index in [4.69, 9.17) is 4.42 Å². The molecule has 1 aliphatic rings. The highest BCUT2D eigenvalue weighted by atomic mass is 16.3. The second kappa shape index (κ2) is 7.13. The number of hydrogen-bond acceptors (Lipinski definition) is 4. The van der Waals surface area contributed by atoms with Crippen molar-refractivity contribution in [3.8, 4) is 0 Å². The van der Waals surface area contributed by atoms with Gasteiger partial charge in [0.1, 0.15) is 11.5 Å². The third-order valence-corrected chi connectivity index (χ3v) is 4.21. The predicted octanol–water partition coefficient (Wildman–Crippen LogP) is 2.11. The number of nitrogens with zero attached hydrogens (tertiary/aromatic N) is 3. The molecule has 25 heavy (non-hydrogen) atoms. The van der Waals surface area contributed by atoms with Crippen LogP contribution in [0.1, 0.15) is 31.8 Å². The van der Waals surface area contributed by atoms with Crippen molar-refractivity contribution >= 4 is 17.5 Å². The second-order valence-corrected chi connectivity index (χ2v) is 6.95. The molecule has 0 saturated carbocycles. The topological polar surface area (TPSA) is 80.4 Å². The molecule has 1 fully saturated rings. The molecule has 3 heterocycles. The molecule has 2 amide bonds. The van der Waals surface area contributed by atoms with Gasteiger partial charge in [-0.05, 0) is 25.0 Å². The summed E-state index contributed by atoms with van der Waals surface area (Å²) in [7, 11) is 0. The molecular weight excluding hydrogens is 320 g/mol. The minimum Gasteiger partial charge on any atom is -0.465 e. The molecule has 0 radical (unpaired) electrons.